The highest BCUT2D eigenvalue weighted by atomic mass is 79.9. The van der Waals surface area contributed by atoms with Crippen molar-refractivity contribution in [2.75, 3.05) is 23.0 Å². The Balaban J connectivity index is 1.88. The van der Waals surface area contributed by atoms with Crippen molar-refractivity contribution in [2.45, 2.75) is 16.3 Å². The van der Waals surface area contributed by atoms with E-state index in [0.717, 1.165) is 9.37 Å². The molecule has 0 spiro atoms. The molecular weight excluding hydrogens is 400 g/mol. The van der Waals surface area contributed by atoms with Crippen LogP contribution in [-0.2, 0) is 14.6 Å². The predicted molar refractivity (Wildman–Crippen MR) is 89.5 cm³/mol. The SMILES string of the molecule is Nc1cc(Br)ccc1SCC(=O)NC1CS(=O)(=O)CC1Cl. The highest BCUT2D eigenvalue weighted by Gasteiger charge is 2.37. The van der Waals surface area contributed by atoms with E-state index in [4.69, 9.17) is 17.3 Å². The Morgan fingerprint density at radius 2 is 2.19 bits per heavy atom. The first-order valence-corrected chi connectivity index (χ1v) is 10.1. The van der Waals surface area contributed by atoms with Gasteiger partial charge in [0.15, 0.2) is 9.84 Å². The summed E-state index contributed by atoms with van der Waals surface area (Å²) < 4.78 is 23.7. The summed E-state index contributed by atoms with van der Waals surface area (Å²) in [5.41, 5.74) is 6.43. The van der Waals surface area contributed by atoms with Crippen molar-refractivity contribution < 1.29 is 13.2 Å². The molecule has 2 unspecified atom stereocenters. The molecule has 1 heterocycles. The zero-order valence-corrected chi connectivity index (χ0v) is 14.9. The van der Waals surface area contributed by atoms with E-state index in [1.807, 2.05) is 12.1 Å². The minimum absolute atomic E-state index is 0.0910. The molecule has 1 aliphatic rings. The molecule has 2 atom stereocenters. The Morgan fingerprint density at radius 3 is 2.76 bits per heavy atom. The Labute approximate surface area is 141 Å². The lowest BCUT2D eigenvalue weighted by molar-refractivity contribution is -0.119. The van der Waals surface area contributed by atoms with E-state index in [2.05, 4.69) is 21.2 Å². The zero-order valence-electron chi connectivity index (χ0n) is 10.9. The van der Waals surface area contributed by atoms with Crippen molar-refractivity contribution in [2.24, 2.45) is 0 Å². The average Bonchev–Trinajstić information content (AvgIpc) is 2.61. The summed E-state index contributed by atoms with van der Waals surface area (Å²) in [4.78, 5) is 12.7. The fourth-order valence-electron chi connectivity index (χ4n) is 1.98. The molecule has 5 nitrogen and oxygen atoms in total. The van der Waals surface area contributed by atoms with Crippen LogP contribution in [0.3, 0.4) is 0 Å². The van der Waals surface area contributed by atoms with Crippen LogP contribution in [0.15, 0.2) is 27.6 Å². The topological polar surface area (TPSA) is 89.3 Å². The maximum absolute atomic E-state index is 11.9. The van der Waals surface area contributed by atoms with Crippen LogP contribution in [-0.4, -0.2) is 43.0 Å². The number of carbonyl (C=O) groups excluding carboxylic acids is 1. The molecule has 3 N–H and O–H groups in total. The second kappa shape index (κ2) is 6.76. The number of hydrogen-bond donors (Lipinski definition) is 2. The third-order valence-electron chi connectivity index (χ3n) is 2.96. The van der Waals surface area contributed by atoms with Gasteiger partial charge in [0.25, 0.3) is 0 Å². The molecule has 21 heavy (non-hydrogen) atoms. The molecule has 1 aromatic carbocycles. The zero-order chi connectivity index (χ0) is 15.6. The first-order valence-electron chi connectivity index (χ1n) is 6.08. The van der Waals surface area contributed by atoms with Gasteiger partial charge in [0.2, 0.25) is 5.91 Å². The second-order valence-corrected chi connectivity index (χ2v) is 9.38. The molecule has 0 bridgehead atoms. The summed E-state index contributed by atoms with van der Waals surface area (Å²) in [7, 11) is -3.15. The molecule has 2 rings (SSSR count). The fraction of sp³-hybridized carbons (Fsp3) is 0.417. The van der Waals surface area contributed by atoms with Gasteiger partial charge in [-0.15, -0.1) is 23.4 Å². The van der Waals surface area contributed by atoms with Gasteiger partial charge in [-0.25, -0.2) is 8.42 Å². The van der Waals surface area contributed by atoms with Gasteiger partial charge in [0.05, 0.1) is 28.7 Å². The Bertz CT molecular complexity index is 654. The van der Waals surface area contributed by atoms with Gasteiger partial charge in [0, 0.05) is 15.1 Å². The Morgan fingerprint density at radius 1 is 1.48 bits per heavy atom. The molecule has 116 valence electrons. The second-order valence-electron chi connectivity index (χ2n) is 4.74. The molecule has 9 heteroatoms. The molecule has 1 aliphatic heterocycles. The third-order valence-corrected chi connectivity index (χ3v) is 6.92. The lowest BCUT2D eigenvalue weighted by Gasteiger charge is -2.14. The van der Waals surface area contributed by atoms with E-state index in [-0.39, 0.29) is 23.2 Å². The summed E-state index contributed by atoms with van der Waals surface area (Å²) in [5, 5.41) is 2.10. The van der Waals surface area contributed by atoms with Crippen LogP contribution in [0.1, 0.15) is 0 Å². The summed E-state index contributed by atoms with van der Waals surface area (Å²) in [6.07, 6.45) is 0. The van der Waals surface area contributed by atoms with Gasteiger partial charge in [0.1, 0.15) is 0 Å². The molecule has 0 saturated carbocycles. The minimum atomic E-state index is -3.15. The van der Waals surface area contributed by atoms with Crippen molar-refractivity contribution in [3.63, 3.8) is 0 Å². The molecule has 0 aliphatic carbocycles. The molecule has 1 aromatic rings. The summed E-state index contributed by atoms with van der Waals surface area (Å²) in [5.74, 6) is -0.286. The van der Waals surface area contributed by atoms with Crippen LogP contribution < -0.4 is 11.1 Å². The summed E-state index contributed by atoms with van der Waals surface area (Å²) in [6, 6.07) is 4.90. The normalized spacial score (nSPS) is 23.9. The van der Waals surface area contributed by atoms with Crippen molar-refractivity contribution in [3.8, 4) is 0 Å². The number of sulfone groups is 1. The van der Waals surface area contributed by atoms with Gasteiger partial charge in [-0.1, -0.05) is 15.9 Å². The number of thioether (sulfide) groups is 1. The summed E-state index contributed by atoms with van der Waals surface area (Å²) in [6.45, 7) is 0. The van der Waals surface area contributed by atoms with Gasteiger partial charge >= 0.3 is 0 Å². The maximum atomic E-state index is 11.9. The Hall–Kier alpha value is -0.440. The number of hydrogen-bond acceptors (Lipinski definition) is 5. The van der Waals surface area contributed by atoms with Crippen LogP contribution in [0, 0.1) is 0 Å². The van der Waals surface area contributed by atoms with E-state index in [1.165, 1.54) is 11.8 Å². The van der Waals surface area contributed by atoms with Gasteiger partial charge in [-0.05, 0) is 18.2 Å². The lowest BCUT2D eigenvalue weighted by atomic mass is 10.2. The van der Waals surface area contributed by atoms with Crippen LogP contribution in [0.5, 0.6) is 0 Å². The molecule has 0 aromatic heterocycles. The number of carbonyl (C=O) groups is 1. The van der Waals surface area contributed by atoms with Gasteiger partial charge < -0.3 is 11.1 Å². The number of benzene rings is 1. The number of nitrogen functional groups attached to an aromatic ring is 1. The molecule has 1 fully saturated rings. The summed E-state index contributed by atoms with van der Waals surface area (Å²) >= 11 is 10.6. The van der Waals surface area contributed by atoms with Crippen LogP contribution in [0.2, 0.25) is 0 Å². The standard InChI is InChI=1S/C12H14BrClN2O3S2/c13-7-1-2-11(9(15)3-7)20-4-12(17)16-10-6-21(18,19)5-8(10)14/h1-3,8,10H,4-6,15H2,(H,16,17). The largest absolute Gasteiger partial charge is 0.398 e. The number of rotatable bonds is 4. The van der Waals surface area contributed by atoms with Crippen LogP contribution >= 0.6 is 39.3 Å². The van der Waals surface area contributed by atoms with Crippen LogP contribution in [0.25, 0.3) is 0 Å². The van der Waals surface area contributed by atoms with Gasteiger partial charge in [-0.2, -0.15) is 0 Å². The van der Waals surface area contributed by atoms with Gasteiger partial charge in [-0.3, -0.25) is 4.79 Å². The van der Waals surface area contributed by atoms with E-state index >= 15 is 0 Å². The molecule has 1 saturated heterocycles. The number of halogens is 2. The van der Waals surface area contributed by atoms with E-state index < -0.39 is 21.3 Å². The highest BCUT2D eigenvalue weighted by Crippen LogP contribution is 2.27. The lowest BCUT2D eigenvalue weighted by Crippen LogP contribution is -2.41. The number of nitrogens with two attached hydrogens (primary N) is 1. The van der Waals surface area contributed by atoms with E-state index in [1.54, 1.807) is 6.07 Å². The molecule has 0 radical (unpaired) electrons. The van der Waals surface area contributed by atoms with Crippen molar-refractivity contribution in [1.82, 2.24) is 5.32 Å². The van der Waals surface area contributed by atoms with Crippen molar-refractivity contribution in [3.05, 3.63) is 22.7 Å². The predicted octanol–water partition coefficient (Wildman–Crippen LogP) is 1.64. The monoisotopic (exact) mass is 412 g/mol. The van der Waals surface area contributed by atoms with Crippen LogP contribution in [0.4, 0.5) is 5.69 Å². The van der Waals surface area contributed by atoms with Crippen molar-refractivity contribution in [1.29, 1.82) is 0 Å². The third kappa shape index (κ3) is 4.77. The number of alkyl halides is 1. The molecule has 1 amide bonds. The average molecular weight is 414 g/mol. The first-order chi connectivity index (χ1) is 9.77. The maximum Gasteiger partial charge on any atom is 0.230 e. The quantitative estimate of drug-likeness (QED) is 0.445. The first kappa shape index (κ1) is 16.9. The Kier molecular flexibility index (Phi) is 5.45. The number of amides is 1. The highest BCUT2D eigenvalue weighted by molar-refractivity contribution is 9.10. The van der Waals surface area contributed by atoms with E-state index in [0.29, 0.717) is 5.69 Å². The fourth-order valence-corrected chi connectivity index (χ4v) is 5.67. The number of anilines is 1. The smallest absolute Gasteiger partial charge is 0.230 e. The van der Waals surface area contributed by atoms with Crippen molar-refractivity contribution >= 4 is 60.7 Å². The van der Waals surface area contributed by atoms with E-state index in [9.17, 15) is 13.2 Å². The number of nitrogens with one attached hydrogen (secondary N) is 1. The molecular formula is C12H14BrClN2O3S2. The minimum Gasteiger partial charge on any atom is -0.398 e.